The van der Waals surface area contributed by atoms with Crippen LogP contribution in [-0.4, -0.2) is 27.6 Å². The number of nitrogens with one attached hydrogen (secondary N) is 1. The first-order chi connectivity index (χ1) is 11.5. The van der Waals surface area contributed by atoms with E-state index >= 15 is 0 Å². The van der Waals surface area contributed by atoms with Crippen molar-refractivity contribution in [2.24, 2.45) is 7.05 Å². The van der Waals surface area contributed by atoms with Gasteiger partial charge in [0.1, 0.15) is 4.90 Å². The fraction of sp³-hybridized carbons (Fsp3) is 0.0667. The Hall–Kier alpha value is -2.65. The number of aryl methyl sites for hydroxylation is 1. The lowest BCUT2D eigenvalue weighted by Gasteiger charge is -2.10. The number of fused-ring (bicyclic) bond motifs is 1. The number of aromatic nitrogens is 4. The molecule has 0 saturated carbocycles. The average Bonchev–Trinajstić information content (AvgIpc) is 3.22. The quantitative estimate of drug-likeness (QED) is 0.607. The monoisotopic (exact) mass is 359 g/mol. The van der Waals surface area contributed by atoms with Crippen LogP contribution in [-0.2, 0) is 17.1 Å². The molecule has 0 radical (unpaired) electrons. The van der Waals surface area contributed by atoms with E-state index in [2.05, 4.69) is 14.8 Å². The lowest BCUT2D eigenvalue weighted by atomic mass is 10.1. The van der Waals surface area contributed by atoms with Gasteiger partial charge in [-0.15, -0.1) is 11.3 Å². The summed E-state index contributed by atoms with van der Waals surface area (Å²) < 4.78 is 31.0. The Morgan fingerprint density at radius 2 is 2.04 bits per heavy atom. The van der Waals surface area contributed by atoms with Crippen LogP contribution in [0.5, 0.6) is 0 Å². The van der Waals surface area contributed by atoms with Crippen molar-refractivity contribution in [1.82, 2.24) is 19.2 Å². The normalized spacial score (nSPS) is 11.9. The molecule has 0 saturated heterocycles. The number of sulfonamides is 1. The van der Waals surface area contributed by atoms with Crippen LogP contribution in [0.15, 0.2) is 59.3 Å². The first kappa shape index (κ1) is 14.9. The molecule has 4 aromatic rings. The fourth-order valence-electron chi connectivity index (χ4n) is 2.39. The maximum atomic E-state index is 12.5. The number of benzene rings is 1. The summed E-state index contributed by atoms with van der Waals surface area (Å²) >= 11 is 1.52. The summed E-state index contributed by atoms with van der Waals surface area (Å²) in [5.74, 6) is 0. The molecular weight excluding hydrogens is 346 g/mol. The molecule has 0 fully saturated rings. The maximum Gasteiger partial charge on any atom is 0.265 e. The number of hydrogen-bond acceptors (Lipinski definition) is 5. The van der Waals surface area contributed by atoms with Gasteiger partial charge in [0.25, 0.3) is 10.0 Å². The third-order valence-electron chi connectivity index (χ3n) is 3.53. The standard InChI is InChI=1S/C15H13N5O2S2/c1-19-9-11(8-16-19)24(21,22)18-13-5-3-2-4-12(13)14-10-20-6-7-23-15(20)17-14/h2-10,18H,1H3. The van der Waals surface area contributed by atoms with E-state index in [1.807, 2.05) is 34.3 Å². The topological polar surface area (TPSA) is 81.3 Å². The molecule has 7 nitrogen and oxygen atoms in total. The van der Waals surface area contributed by atoms with E-state index in [1.54, 1.807) is 19.2 Å². The Bertz CT molecular complexity index is 1100. The Morgan fingerprint density at radius 1 is 1.21 bits per heavy atom. The van der Waals surface area contributed by atoms with Crippen LogP contribution in [0.25, 0.3) is 16.2 Å². The zero-order valence-corrected chi connectivity index (χ0v) is 14.3. The zero-order valence-electron chi connectivity index (χ0n) is 12.6. The summed E-state index contributed by atoms with van der Waals surface area (Å²) in [7, 11) is -2.03. The second-order valence-electron chi connectivity index (χ2n) is 5.22. The first-order valence-electron chi connectivity index (χ1n) is 7.06. The third-order valence-corrected chi connectivity index (χ3v) is 5.62. The van der Waals surface area contributed by atoms with Gasteiger partial charge < -0.3 is 0 Å². The molecule has 4 rings (SSSR count). The van der Waals surface area contributed by atoms with E-state index in [1.165, 1.54) is 28.4 Å². The third kappa shape index (κ3) is 2.57. The van der Waals surface area contributed by atoms with Gasteiger partial charge in [-0.3, -0.25) is 13.8 Å². The van der Waals surface area contributed by atoms with E-state index in [9.17, 15) is 8.42 Å². The lowest BCUT2D eigenvalue weighted by molar-refractivity contribution is 0.601. The number of thiazole rings is 1. The lowest BCUT2D eigenvalue weighted by Crippen LogP contribution is -2.13. The Kier molecular flexibility index (Phi) is 3.39. The largest absolute Gasteiger partial charge is 0.297 e. The smallest absolute Gasteiger partial charge is 0.265 e. The molecular formula is C15H13N5O2S2. The summed E-state index contributed by atoms with van der Waals surface area (Å²) in [6, 6.07) is 7.19. The molecule has 0 unspecified atom stereocenters. The molecule has 0 aliphatic rings. The fourth-order valence-corrected chi connectivity index (χ4v) is 4.16. The molecule has 9 heteroatoms. The van der Waals surface area contributed by atoms with Gasteiger partial charge in [-0.2, -0.15) is 5.10 Å². The summed E-state index contributed by atoms with van der Waals surface area (Å²) in [4.78, 5) is 5.51. The summed E-state index contributed by atoms with van der Waals surface area (Å²) in [6.45, 7) is 0. The van der Waals surface area contributed by atoms with Crippen LogP contribution in [0.2, 0.25) is 0 Å². The van der Waals surface area contributed by atoms with Gasteiger partial charge in [0.05, 0.1) is 17.6 Å². The SMILES string of the molecule is Cn1cc(S(=O)(=O)Nc2ccccc2-c2cn3ccsc3n2)cn1. The van der Waals surface area contributed by atoms with Gasteiger partial charge in [-0.05, 0) is 6.07 Å². The van der Waals surface area contributed by atoms with Crippen molar-refractivity contribution < 1.29 is 8.42 Å². The van der Waals surface area contributed by atoms with Crippen LogP contribution in [0.3, 0.4) is 0 Å². The highest BCUT2D eigenvalue weighted by Gasteiger charge is 2.19. The molecule has 0 spiro atoms. The predicted octanol–water partition coefficient (Wildman–Crippen LogP) is 2.60. The predicted molar refractivity (Wildman–Crippen MR) is 92.5 cm³/mol. The minimum Gasteiger partial charge on any atom is -0.297 e. The van der Waals surface area contributed by atoms with Crippen molar-refractivity contribution in [2.75, 3.05) is 4.72 Å². The number of hydrogen-bond donors (Lipinski definition) is 1. The van der Waals surface area contributed by atoms with Gasteiger partial charge in [-0.1, -0.05) is 18.2 Å². The highest BCUT2D eigenvalue weighted by Crippen LogP contribution is 2.30. The molecule has 1 aromatic carbocycles. The molecule has 24 heavy (non-hydrogen) atoms. The molecule has 0 bridgehead atoms. The first-order valence-corrected chi connectivity index (χ1v) is 9.42. The molecule has 3 aromatic heterocycles. The molecule has 0 amide bonds. The van der Waals surface area contributed by atoms with Crippen LogP contribution < -0.4 is 4.72 Å². The molecule has 122 valence electrons. The Morgan fingerprint density at radius 3 is 2.79 bits per heavy atom. The number of rotatable bonds is 4. The van der Waals surface area contributed by atoms with Crippen molar-refractivity contribution in [3.63, 3.8) is 0 Å². The Labute approximate surface area is 142 Å². The maximum absolute atomic E-state index is 12.5. The highest BCUT2D eigenvalue weighted by molar-refractivity contribution is 7.92. The van der Waals surface area contributed by atoms with E-state index in [-0.39, 0.29) is 4.90 Å². The number of nitrogens with zero attached hydrogens (tertiary/aromatic N) is 4. The molecule has 1 N–H and O–H groups in total. The Balaban J connectivity index is 1.75. The summed E-state index contributed by atoms with van der Waals surface area (Å²) in [6.07, 6.45) is 6.57. The minimum absolute atomic E-state index is 0.116. The van der Waals surface area contributed by atoms with E-state index in [0.29, 0.717) is 11.4 Å². The second-order valence-corrected chi connectivity index (χ2v) is 7.78. The van der Waals surface area contributed by atoms with Crippen LogP contribution in [0.1, 0.15) is 0 Å². The summed E-state index contributed by atoms with van der Waals surface area (Å²) in [5.41, 5.74) is 1.92. The van der Waals surface area contributed by atoms with Crippen LogP contribution in [0, 0.1) is 0 Å². The zero-order chi connectivity index (χ0) is 16.7. The van der Waals surface area contributed by atoms with E-state index in [0.717, 1.165) is 10.5 Å². The molecule has 0 aliphatic heterocycles. The van der Waals surface area contributed by atoms with Gasteiger partial charge in [0.2, 0.25) is 0 Å². The number of para-hydroxylation sites is 1. The van der Waals surface area contributed by atoms with Gasteiger partial charge in [-0.25, -0.2) is 13.4 Å². The second kappa shape index (κ2) is 5.46. The number of anilines is 1. The van der Waals surface area contributed by atoms with Gasteiger partial charge >= 0.3 is 0 Å². The number of imidazole rings is 1. The molecule has 3 heterocycles. The van der Waals surface area contributed by atoms with Crippen molar-refractivity contribution in [1.29, 1.82) is 0 Å². The average molecular weight is 359 g/mol. The van der Waals surface area contributed by atoms with E-state index in [4.69, 9.17) is 0 Å². The van der Waals surface area contributed by atoms with Crippen LogP contribution in [0.4, 0.5) is 5.69 Å². The van der Waals surface area contributed by atoms with Crippen LogP contribution >= 0.6 is 11.3 Å². The van der Waals surface area contributed by atoms with Crippen molar-refractivity contribution in [3.05, 3.63) is 54.4 Å². The van der Waals surface area contributed by atoms with Gasteiger partial charge in [0, 0.05) is 36.6 Å². The molecule has 0 atom stereocenters. The summed E-state index contributed by atoms with van der Waals surface area (Å²) in [5, 5.41) is 5.86. The minimum atomic E-state index is -3.71. The van der Waals surface area contributed by atoms with Crippen molar-refractivity contribution in [2.45, 2.75) is 4.90 Å². The van der Waals surface area contributed by atoms with Gasteiger partial charge in [0.15, 0.2) is 4.96 Å². The van der Waals surface area contributed by atoms with E-state index < -0.39 is 10.0 Å². The highest BCUT2D eigenvalue weighted by atomic mass is 32.2. The van der Waals surface area contributed by atoms with Crippen molar-refractivity contribution >= 4 is 32.0 Å². The molecule has 0 aliphatic carbocycles. The van der Waals surface area contributed by atoms with Crippen molar-refractivity contribution in [3.8, 4) is 11.3 Å².